The van der Waals surface area contributed by atoms with Gasteiger partial charge in [-0.05, 0) is 43.4 Å². The highest BCUT2D eigenvalue weighted by molar-refractivity contribution is 6.32. The number of halogens is 1. The Bertz CT molecular complexity index is 483. The van der Waals surface area contributed by atoms with Crippen LogP contribution in [0.15, 0.2) is 16.7 Å². The molecule has 0 spiro atoms. The van der Waals surface area contributed by atoms with E-state index < -0.39 is 0 Å². The molecule has 2 fully saturated rings. The van der Waals surface area contributed by atoms with E-state index in [2.05, 4.69) is 19.2 Å². The van der Waals surface area contributed by atoms with Crippen LogP contribution < -0.4 is 5.32 Å². The maximum atomic E-state index is 12.5. The first-order chi connectivity index (χ1) is 8.51. The first-order valence-electron chi connectivity index (χ1n) is 6.27. The number of hydrogen-bond acceptors (Lipinski definition) is 3. The minimum absolute atomic E-state index is 0.0202. The second-order valence-corrected chi connectivity index (χ2v) is 6.05. The lowest BCUT2D eigenvalue weighted by Crippen LogP contribution is -2.47. The summed E-state index contributed by atoms with van der Waals surface area (Å²) in [5.41, 5.74) is 0.337. The van der Waals surface area contributed by atoms with E-state index in [4.69, 9.17) is 16.0 Å². The predicted molar refractivity (Wildman–Crippen MR) is 68.7 cm³/mol. The number of furan rings is 1. The molecule has 18 heavy (non-hydrogen) atoms. The molecule has 3 heterocycles. The topological polar surface area (TPSA) is 45.5 Å². The van der Waals surface area contributed by atoms with E-state index in [1.807, 2.05) is 4.90 Å². The van der Waals surface area contributed by atoms with Gasteiger partial charge in [-0.1, -0.05) is 0 Å². The number of nitrogens with zero attached hydrogens (tertiary/aromatic N) is 1. The van der Waals surface area contributed by atoms with Gasteiger partial charge in [-0.25, -0.2) is 0 Å². The molecule has 2 unspecified atom stereocenters. The maximum Gasteiger partial charge on any atom is 0.259 e. The van der Waals surface area contributed by atoms with Gasteiger partial charge in [-0.3, -0.25) is 4.79 Å². The van der Waals surface area contributed by atoms with Crippen LogP contribution in [0.4, 0.5) is 0 Å². The predicted octanol–water partition coefficient (Wildman–Crippen LogP) is 2.00. The quantitative estimate of drug-likeness (QED) is 0.847. The Labute approximate surface area is 111 Å². The zero-order chi connectivity index (χ0) is 12.9. The van der Waals surface area contributed by atoms with Crippen LogP contribution in [0.2, 0.25) is 5.22 Å². The highest BCUT2D eigenvalue weighted by Crippen LogP contribution is 2.41. The molecule has 1 N–H and O–H groups in total. The lowest BCUT2D eigenvalue weighted by atomic mass is 9.85. The summed E-state index contributed by atoms with van der Waals surface area (Å²) in [5.74, 6) is 1.05. The number of carbonyl (C=O) groups excluding carboxylic acids is 1. The minimum Gasteiger partial charge on any atom is -0.452 e. The van der Waals surface area contributed by atoms with Crippen LogP contribution >= 0.6 is 11.6 Å². The lowest BCUT2D eigenvalue weighted by Gasteiger charge is -2.35. The van der Waals surface area contributed by atoms with E-state index in [0.717, 1.165) is 19.6 Å². The zero-order valence-electron chi connectivity index (χ0n) is 10.6. The van der Waals surface area contributed by atoms with Crippen molar-refractivity contribution >= 4 is 17.5 Å². The molecular weight excluding hydrogens is 252 g/mol. The van der Waals surface area contributed by atoms with Gasteiger partial charge >= 0.3 is 0 Å². The summed E-state index contributed by atoms with van der Waals surface area (Å²) >= 11 is 5.90. The van der Waals surface area contributed by atoms with Gasteiger partial charge in [-0.2, -0.15) is 0 Å². The summed E-state index contributed by atoms with van der Waals surface area (Å²) in [5, 5.41) is 3.59. The average Bonchev–Trinajstić information content (AvgIpc) is 2.96. The lowest BCUT2D eigenvalue weighted by molar-refractivity contribution is 0.0603. The van der Waals surface area contributed by atoms with Crippen molar-refractivity contribution in [1.29, 1.82) is 0 Å². The summed E-state index contributed by atoms with van der Waals surface area (Å²) in [6.07, 6.45) is 1.46. The van der Waals surface area contributed by atoms with Crippen LogP contribution in [0.3, 0.4) is 0 Å². The fourth-order valence-corrected chi connectivity index (χ4v) is 3.55. The third-order valence-electron chi connectivity index (χ3n) is 4.45. The van der Waals surface area contributed by atoms with E-state index in [1.54, 1.807) is 6.07 Å². The number of amides is 1. The van der Waals surface area contributed by atoms with Crippen LogP contribution in [-0.4, -0.2) is 36.0 Å². The number of rotatable bonds is 1. The maximum absolute atomic E-state index is 12.5. The van der Waals surface area contributed by atoms with Crippen molar-refractivity contribution in [3.63, 3.8) is 0 Å². The number of carbonyl (C=O) groups is 1. The van der Waals surface area contributed by atoms with Gasteiger partial charge in [0.05, 0.1) is 11.8 Å². The van der Waals surface area contributed by atoms with Gasteiger partial charge in [-0.15, -0.1) is 0 Å². The molecule has 0 bridgehead atoms. The molecule has 4 nitrogen and oxygen atoms in total. The van der Waals surface area contributed by atoms with E-state index in [-0.39, 0.29) is 16.7 Å². The van der Waals surface area contributed by atoms with Gasteiger partial charge in [0.1, 0.15) is 0 Å². The standard InChI is InChI=1S/C13H17ClN2O2/c1-13(2)10-6-15-5-8(10)7-16(13)12(17)9-3-4-18-11(9)14/h3-4,8,10,15H,5-7H2,1-2H3. The van der Waals surface area contributed by atoms with Crippen molar-refractivity contribution in [3.05, 3.63) is 23.1 Å². The molecule has 2 saturated heterocycles. The second-order valence-electron chi connectivity index (χ2n) is 5.70. The average molecular weight is 269 g/mol. The molecule has 0 aromatic carbocycles. The summed E-state index contributed by atoms with van der Waals surface area (Å²) in [7, 11) is 0. The minimum atomic E-state index is -0.133. The number of likely N-dealkylation sites (tertiary alicyclic amines) is 1. The van der Waals surface area contributed by atoms with E-state index >= 15 is 0 Å². The molecule has 2 atom stereocenters. The summed E-state index contributed by atoms with van der Waals surface area (Å²) in [4.78, 5) is 14.5. The Hall–Kier alpha value is -1.00. The molecule has 3 rings (SSSR count). The Morgan fingerprint density at radius 2 is 2.33 bits per heavy atom. The largest absolute Gasteiger partial charge is 0.452 e. The second kappa shape index (κ2) is 4.00. The molecular formula is C13H17ClN2O2. The van der Waals surface area contributed by atoms with Gasteiger partial charge in [0, 0.05) is 25.2 Å². The Kier molecular flexibility index (Phi) is 2.68. The fourth-order valence-electron chi connectivity index (χ4n) is 3.36. The zero-order valence-corrected chi connectivity index (χ0v) is 11.3. The van der Waals surface area contributed by atoms with Crippen molar-refractivity contribution in [2.45, 2.75) is 19.4 Å². The van der Waals surface area contributed by atoms with Gasteiger partial charge in [0.2, 0.25) is 5.22 Å². The Morgan fingerprint density at radius 1 is 1.56 bits per heavy atom. The van der Waals surface area contributed by atoms with Crippen molar-refractivity contribution in [2.24, 2.45) is 11.8 Å². The summed E-state index contributed by atoms with van der Waals surface area (Å²) < 4.78 is 5.01. The van der Waals surface area contributed by atoms with Crippen LogP contribution in [0.25, 0.3) is 0 Å². The monoisotopic (exact) mass is 268 g/mol. The molecule has 0 saturated carbocycles. The Morgan fingerprint density at radius 3 is 2.94 bits per heavy atom. The summed E-state index contributed by atoms with van der Waals surface area (Å²) in [6, 6.07) is 1.65. The molecule has 0 aliphatic carbocycles. The van der Waals surface area contributed by atoms with E-state index in [0.29, 0.717) is 17.4 Å². The molecule has 5 heteroatoms. The molecule has 2 aliphatic rings. The van der Waals surface area contributed by atoms with Gasteiger partial charge in [0.15, 0.2) is 0 Å². The van der Waals surface area contributed by atoms with Crippen LogP contribution in [0, 0.1) is 11.8 Å². The van der Waals surface area contributed by atoms with Gasteiger partial charge < -0.3 is 14.6 Å². The SMILES string of the molecule is CC1(C)C2CNCC2CN1C(=O)c1ccoc1Cl. The molecule has 1 aromatic heterocycles. The molecule has 0 radical (unpaired) electrons. The normalized spacial score (nSPS) is 29.6. The highest BCUT2D eigenvalue weighted by Gasteiger charge is 2.51. The van der Waals surface area contributed by atoms with Gasteiger partial charge in [0.25, 0.3) is 5.91 Å². The first kappa shape index (κ1) is 12.1. The molecule has 98 valence electrons. The molecule has 1 aromatic rings. The van der Waals surface area contributed by atoms with Crippen molar-refractivity contribution in [3.8, 4) is 0 Å². The number of nitrogens with one attached hydrogen (secondary N) is 1. The van der Waals surface area contributed by atoms with Crippen molar-refractivity contribution in [2.75, 3.05) is 19.6 Å². The van der Waals surface area contributed by atoms with Crippen molar-refractivity contribution in [1.82, 2.24) is 10.2 Å². The first-order valence-corrected chi connectivity index (χ1v) is 6.65. The van der Waals surface area contributed by atoms with Crippen LogP contribution in [0.1, 0.15) is 24.2 Å². The van der Waals surface area contributed by atoms with E-state index in [9.17, 15) is 4.79 Å². The smallest absolute Gasteiger partial charge is 0.259 e. The molecule has 1 amide bonds. The number of fused-ring (bicyclic) bond motifs is 1. The number of hydrogen-bond donors (Lipinski definition) is 1. The third-order valence-corrected chi connectivity index (χ3v) is 4.75. The molecule has 2 aliphatic heterocycles. The third kappa shape index (κ3) is 1.59. The van der Waals surface area contributed by atoms with E-state index in [1.165, 1.54) is 6.26 Å². The van der Waals surface area contributed by atoms with Crippen LogP contribution in [-0.2, 0) is 0 Å². The van der Waals surface area contributed by atoms with Crippen LogP contribution in [0.5, 0.6) is 0 Å². The fraction of sp³-hybridized carbons (Fsp3) is 0.615. The Balaban J connectivity index is 1.90. The highest BCUT2D eigenvalue weighted by atomic mass is 35.5. The summed E-state index contributed by atoms with van der Waals surface area (Å²) in [6.45, 7) is 7.05. The van der Waals surface area contributed by atoms with Crippen molar-refractivity contribution < 1.29 is 9.21 Å².